The Morgan fingerprint density at radius 3 is 3.00 bits per heavy atom. The van der Waals surface area contributed by atoms with Crippen molar-refractivity contribution in [3.8, 4) is 5.88 Å². The smallest absolute Gasteiger partial charge is 0.226 e. The molecule has 1 amide bonds. The number of nitrogens with one attached hydrogen (secondary N) is 2. The molecule has 0 radical (unpaired) electrons. The fourth-order valence-electron chi connectivity index (χ4n) is 1.07. The topological polar surface area (TPSA) is 76.1 Å². The van der Waals surface area contributed by atoms with Gasteiger partial charge in [-0.15, -0.1) is 0 Å². The van der Waals surface area contributed by atoms with Crippen molar-refractivity contribution >= 4 is 11.9 Å². The number of nitrogens with zero attached hydrogens (tertiary/aromatic N) is 2. The Bertz CT molecular complexity index is 343. The number of ether oxygens (including phenoxy) is 1. The molecule has 0 unspecified atom stereocenters. The molecule has 6 nitrogen and oxygen atoms in total. The van der Waals surface area contributed by atoms with Crippen molar-refractivity contribution in [2.24, 2.45) is 0 Å². The van der Waals surface area contributed by atoms with Gasteiger partial charge in [0.15, 0.2) is 0 Å². The fourth-order valence-corrected chi connectivity index (χ4v) is 1.07. The van der Waals surface area contributed by atoms with Gasteiger partial charge in [-0.05, 0) is 6.92 Å². The van der Waals surface area contributed by atoms with Gasteiger partial charge in [-0.2, -0.15) is 4.98 Å². The Hall–Kier alpha value is -1.85. The molecule has 1 heterocycles. The molecule has 0 aliphatic heterocycles. The minimum absolute atomic E-state index is 0.0502. The molecule has 2 N–H and O–H groups in total. The van der Waals surface area contributed by atoms with Crippen LogP contribution in [0.5, 0.6) is 5.88 Å². The first-order valence-electron chi connectivity index (χ1n) is 5.16. The maximum Gasteiger partial charge on any atom is 0.226 e. The summed E-state index contributed by atoms with van der Waals surface area (Å²) in [7, 11) is 0. The van der Waals surface area contributed by atoms with Crippen LogP contribution in [-0.4, -0.2) is 35.6 Å². The first-order chi connectivity index (χ1) is 7.72. The zero-order chi connectivity index (χ0) is 11.8. The minimum Gasteiger partial charge on any atom is -0.478 e. The summed E-state index contributed by atoms with van der Waals surface area (Å²) < 4.78 is 5.23. The minimum atomic E-state index is -0.0502. The maximum atomic E-state index is 10.6. The number of aromatic nitrogens is 2. The van der Waals surface area contributed by atoms with Gasteiger partial charge in [0.2, 0.25) is 17.7 Å². The highest BCUT2D eigenvalue weighted by Gasteiger charge is 1.98. The van der Waals surface area contributed by atoms with E-state index >= 15 is 0 Å². The zero-order valence-electron chi connectivity index (χ0n) is 9.49. The van der Waals surface area contributed by atoms with Crippen LogP contribution in [0.25, 0.3) is 0 Å². The molecule has 6 heteroatoms. The van der Waals surface area contributed by atoms with Crippen molar-refractivity contribution < 1.29 is 9.53 Å². The largest absolute Gasteiger partial charge is 0.478 e. The second kappa shape index (κ2) is 6.60. The lowest BCUT2D eigenvalue weighted by Gasteiger charge is -2.06. The van der Waals surface area contributed by atoms with Gasteiger partial charge < -0.3 is 15.4 Å². The number of anilines is 1. The zero-order valence-corrected chi connectivity index (χ0v) is 9.49. The van der Waals surface area contributed by atoms with Crippen LogP contribution in [0.15, 0.2) is 12.3 Å². The average molecular weight is 224 g/mol. The van der Waals surface area contributed by atoms with E-state index in [1.807, 2.05) is 6.92 Å². The Morgan fingerprint density at radius 1 is 1.50 bits per heavy atom. The highest BCUT2D eigenvalue weighted by molar-refractivity contribution is 5.72. The van der Waals surface area contributed by atoms with Crippen LogP contribution in [-0.2, 0) is 4.79 Å². The van der Waals surface area contributed by atoms with E-state index in [0.29, 0.717) is 31.5 Å². The van der Waals surface area contributed by atoms with E-state index in [2.05, 4.69) is 20.6 Å². The molecule has 0 spiro atoms. The van der Waals surface area contributed by atoms with Crippen LogP contribution >= 0.6 is 0 Å². The summed E-state index contributed by atoms with van der Waals surface area (Å²) in [5.41, 5.74) is 0. The van der Waals surface area contributed by atoms with Gasteiger partial charge in [-0.3, -0.25) is 4.79 Å². The number of hydrogen-bond acceptors (Lipinski definition) is 5. The van der Waals surface area contributed by atoms with E-state index in [1.165, 1.54) is 6.92 Å². The van der Waals surface area contributed by atoms with Crippen LogP contribution in [0, 0.1) is 0 Å². The van der Waals surface area contributed by atoms with Gasteiger partial charge >= 0.3 is 0 Å². The molecule has 1 rings (SSSR count). The third-order valence-corrected chi connectivity index (χ3v) is 1.70. The molecule has 0 saturated heterocycles. The summed E-state index contributed by atoms with van der Waals surface area (Å²) in [5, 5.41) is 5.65. The lowest BCUT2D eigenvalue weighted by Crippen LogP contribution is -2.26. The highest BCUT2D eigenvalue weighted by Crippen LogP contribution is 2.07. The van der Waals surface area contributed by atoms with Crippen LogP contribution in [0.3, 0.4) is 0 Å². The van der Waals surface area contributed by atoms with Gasteiger partial charge in [-0.1, -0.05) is 0 Å². The Balaban J connectivity index is 2.35. The average Bonchev–Trinajstić information content (AvgIpc) is 2.25. The lowest BCUT2D eigenvalue weighted by atomic mass is 10.5. The molecule has 0 bridgehead atoms. The maximum absolute atomic E-state index is 10.6. The number of hydrogen-bond donors (Lipinski definition) is 2. The van der Waals surface area contributed by atoms with E-state index in [-0.39, 0.29) is 5.91 Å². The molecule has 0 saturated carbocycles. The first kappa shape index (κ1) is 12.2. The molecular formula is C10H16N4O2. The summed E-state index contributed by atoms with van der Waals surface area (Å²) >= 11 is 0. The Kier molecular flexibility index (Phi) is 5.04. The van der Waals surface area contributed by atoms with E-state index in [9.17, 15) is 4.79 Å². The molecule has 0 aliphatic carbocycles. The van der Waals surface area contributed by atoms with E-state index in [0.717, 1.165) is 0 Å². The monoisotopic (exact) mass is 224 g/mol. The Morgan fingerprint density at radius 2 is 2.31 bits per heavy atom. The molecule has 1 aromatic heterocycles. The summed E-state index contributed by atoms with van der Waals surface area (Å²) in [6.45, 7) is 5.06. The quantitative estimate of drug-likeness (QED) is 0.685. The van der Waals surface area contributed by atoms with Gasteiger partial charge in [0.25, 0.3) is 0 Å². The molecule has 0 fully saturated rings. The molecule has 1 aromatic rings. The third-order valence-electron chi connectivity index (χ3n) is 1.70. The van der Waals surface area contributed by atoms with Crippen LogP contribution in [0.4, 0.5) is 5.95 Å². The van der Waals surface area contributed by atoms with E-state index in [1.54, 1.807) is 12.3 Å². The second-order valence-electron chi connectivity index (χ2n) is 3.06. The number of carbonyl (C=O) groups excluding carboxylic acids is 1. The number of amides is 1. The summed E-state index contributed by atoms with van der Waals surface area (Å²) in [6.07, 6.45) is 1.62. The SMILES string of the molecule is CCOc1ccnc(NCCNC(C)=O)n1. The van der Waals surface area contributed by atoms with Crippen LogP contribution in [0.1, 0.15) is 13.8 Å². The summed E-state index contributed by atoms with van der Waals surface area (Å²) in [5.74, 6) is 0.988. The second-order valence-corrected chi connectivity index (χ2v) is 3.06. The molecule has 0 aliphatic rings. The van der Waals surface area contributed by atoms with E-state index in [4.69, 9.17) is 4.74 Å². The predicted molar refractivity (Wildman–Crippen MR) is 60.4 cm³/mol. The van der Waals surface area contributed by atoms with Crippen molar-refractivity contribution in [2.45, 2.75) is 13.8 Å². The predicted octanol–water partition coefficient (Wildman–Crippen LogP) is 0.423. The van der Waals surface area contributed by atoms with Crippen molar-refractivity contribution in [3.63, 3.8) is 0 Å². The normalized spacial score (nSPS) is 9.62. The van der Waals surface area contributed by atoms with Gasteiger partial charge in [0, 0.05) is 32.3 Å². The first-order valence-corrected chi connectivity index (χ1v) is 5.16. The van der Waals surface area contributed by atoms with Crippen molar-refractivity contribution in [3.05, 3.63) is 12.3 Å². The van der Waals surface area contributed by atoms with Crippen LogP contribution < -0.4 is 15.4 Å². The molecule has 0 aromatic carbocycles. The highest BCUT2D eigenvalue weighted by atomic mass is 16.5. The van der Waals surface area contributed by atoms with Crippen molar-refractivity contribution in [1.29, 1.82) is 0 Å². The number of carbonyl (C=O) groups is 1. The number of rotatable bonds is 6. The van der Waals surface area contributed by atoms with Crippen molar-refractivity contribution in [2.75, 3.05) is 25.0 Å². The molecule has 16 heavy (non-hydrogen) atoms. The lowest BCUT2D eigenvalue weighted by molar-refractivity contribution is -0.118. The van der Waals surface area contributed by atoms with Gasteiger partial charge in [-0.25, -0.2) is 4.98 Å². The van der Waals surface area contributed by atoms with Crippen molar-refractivity contribution in [1.82, 2.24) is 15.3 Å². The third kappa shape index (κ3) is 4.59. The fraction of sp³-hybridized carbons (Fsp3) is 0.500. The van der Waals surface area contributed by atoms with Gasteiger partial charge in [0.05, 0.1) is 6.61 Å². The summed E-state index contributed by atoms with van der Waals surface area (Å²) in [4.78, 5) is 18.7. The Labute approximate surface area is 94.4 Å². The van der Waals surface area contributed by atoms with E-state index < -0.39 is 0 Å². The van der Waals surface area contributed by atoms with Crippen LogP contribution in [0.2, 0.25) is 0 Å². The van der Waals surface area contributed by atoms with Gasteiger partial charge in [0.1, 0.15) is 0 Å². The summed E-state index contributed by atoms with van der Waals surface area (Å²) in [6, 6.07) is 1.70. The molecule has 88 valence electrons. The standard InChI is InChI=1S/C10H16N4O2/c1-3-16-9-4-5-12-10(14-9)13-7-6-11-8(2)15/h4-5H,3,6-7H2,1-2H3,(H,11,15)(H,12,13,14). The molecule has 0 atom stereocenters. The molecular weight excluding hydrogens is 208 g/mol.